The molecule has 1 saturated carbocycles. The Hall–Kier alpha value is -1.02. The quantitative estimate of drug-likeness (QED) is 0.849. The van der Waals surface area contributed by atoms with Gasteiger partial charge >= 0.3 is 0 Å². The fourth-order valence-corrected chi connectivity index (χ4v) is 2.83. The Bertz CT molecular complexity index is 404. The second-order valence-electron chi connectivity index (χ2n) is 5.18. The molecule has 1 aromatic carbocycles. The van der Waals surface area contributed by atoms with Gasteiger partial charge in [-0.25, -0.2) is 0 Å². The molecule has 1 fully saturated rings. The van der Waals surface area contributed by atoms with Crippen molar-refractivity contribution < 1.29 is 9.84 Å². The number of aliphatic hydroxyl groups is 1. The first-order valence-corrected chi connectivity index (χ1v) is 6.45. The third kappa shape index (κ3) is 2.19. The minimum Gasteiger partial charge on any atom is -0.496 e. The summed E-state index contributed by atoms with van der Waals surface area (Å²) in [5, 5.41) is 10.8. The van der Waals surface area contributed by atoms with Gasteiger partial charge in [-0.05, 0) is 37.8 Å². The van der Waals surface area contributed by atoms with Gasteiger partial charge in [-0.15, -0.1) is 0 Å². The number of aryl methyl sites for hydroxylation is 1. The summed E-state index contributed by atoms with van der Waals surface area (Å²) >= 11 is 0. The summed E-state index contributed by atoms with van der Waals surface area (Å²) in [5.74, 6) is 0.870. The SMILES string of the molecule is COc1c(C2(O)CCCCC2)ccc(C)c1C. The first-order valence-electron chi connectivity index (χ1n) is 6.45. The van der Waals surface area contributed by atoms with Gasteiger partial charge < -0.3 is 9.84 Å². The van der Waals surface area contributed by atoms with Crippen molar-refractivity contribution in [1.29, 1.82) is 0 Å². The Kier molecular flexibility index (Phi) is 3.43. The maximum absolute atomic E-state index is 10.8. The van der Waals surface area contributed by atoms with Gasteiger partial charge in [0.05, 0.1) is 12.7 Å². The number of methoxy groups -OCH3 is 1. The van der Waals surface area contributed by atoms with E-state index in [2.05, 4.69) is 19.9 Å². The zero-order valence-electron chi connectivity index (χ0n) is 11.0. The van der Waals surface area contributed by atoms with Gasteiger partial charge in [-0.1, -0.05) is 31.4 Å². The normalized spacial score (nSPS) is 19.1. The van der Waals surface area contributed by atoms with Crippen molar-refractivity contribution >= 4 is 0 Å². The lowest BCUT2D eigenvalue weighted by molar-refractivity contribution is -0.00266. The van der Waals surface area contributed by atoms with E-state index in [1.165, 1.54) is 12.0 Å². The van der Waals surface area contributed by atoms with Crippen LogP contribution in [0.5, 0.6) is 5.75 Å². The Morgan fingerprint density at radius 3 is 2.35 bits per heavy atom. The number of ether oxygens (including phenoxy) is 1. The molecular formula is C15H22O2. The van der Waals surface area contributed by atoms with Gasteiger partial charge in [0.15, 0.2) is 0 Å². The third-order valence-corrected chi connectivity index (χ3v) is 4.06. The van der Waals surface area contributed by atoms with Crippen LogP contribution in [0, 0.1) is 13.8 Å². The van der Waals surface area contributed by atoms with Crippen LogP contribution in [0.15, 0.2) is 12.1 Å². The lowest BCUT2D eigenvalue weighted by Crippen LogP contribution is -2.29. The molecule has 0 aliphatic heterocycles. The molecule has 2 heteroatoms. The van der Waals surface area contributed by atoms with E-state index in [1.807, 2.05) is 6.07 Å². The second kappa shape index (κ2) is 4.69. The fraction of sp³-hybridized carbons (Fsp3) is 0.600. The summed E-state index contributed by atoms with van der Waals surface area (Å²) in [6.45, 7) is 4.14. The molecule has 0 saturated heterocycles. The maximum atomic E-state index is 10.8. The van der Waals surface area contributed by atoms with Crippen LogP contribution in [-0.2, 0) is 5.60 Å². The van der Waals surface area contributed by atoms with Crippen molar-refractivity contribution in [3.05, 3.63) is 28.8 Å². The predicted molar refractivity (Wildman–Crippen MR) is 69.4 cm³/mol. The van der Waals surface area contributed by atoms with Crippen molar-refractivity contribution in [2.24, 2.45) is 0 Å². The highest BCUT2D eigenvalue weighted by Crippen LogP contribution is 2.42. The monoisotopic (exact) mass is 234 g/mol. The highest BCUT2D eigenvalue weighted by Gasteiger charge is 2.34. The topological polar surface area (TPSA) is 29.5 Å². The van der Waals surface area contributed by atoms with E-state index < -0.39 is 5.60 Å². The molecule has 0 radical (unpaired) electrons. The summed E-state index contributed by atoms with van der Waals surface area (Å²) in [6, 6.07) is 4.12. The van der Waals surface area contributed by atoms with Crippen molar-refractivity contribution in [3.8, 4) is 5.75 Å². The molecule has 0 spiro atoms. The van der Waals surface area contributed by atoms with Crippen molar-refractivity contribution in [3.63, 3.8) is 0 Å². The molecule has 0 unspecified atom stereocenters. The Labute approximate surface area is 104 Å². The van der Waals surface area contributed by atoms with E-state index in [4.69, 9.17) is 4.74 Å². The van der Waals surface area contributed by atoms with Crippen LogP contribution in [0.1, 0.15) is 48.8 Å². The highest BCUT2D eigenvalue weighted by atomic mass is 16.5. The van der Waals surface area contributed by atoms with Gasteiger partial charge in [0.2, 0.25) is 0 Å². The molecule has 0 aromatic heterocycles. The summed E-state index contributed by atoms with van der Waals surface area (Å²) in [7, 11) is 1.69. The van der Waals surface area contributed by atoms with Crippen LogP contribution < -0.4 is 4.74 Å². The molecule has 0 amide bonds. The van der Waals surface area contributed by atoms with Crippen molar-refractivity contribution in [2.75, 3.05) is 7.11 Å². The molecule has 0 atom stereocenters. The van der Waals surface area contributed by atoms with E-state index in [-0.39, 0.29) is 0 Å². The average molecular weight is 234 g/mol. The number of hydrogen-bond donors (Lipinski definition) is 1. The molecule has 2 rings (SSSR count). The lowest BCUT2D eigenvalue weighted by atomic mass is 9.78. The zero-order valence-corrected chi connectivity index (χ0v) is 11.0. The van der Waals surface area contributed by atoms with E-state index in [0.29, 0.717) is 0 Å². The first kappa shape index (κ1) is 12.4. The van der Waals surface area contributed by atoms with Crippen LogP contribution in [-0.4, -0.2) is 12.2 Å². The lowest BCUT2D eigenvalue weighted by Gasteiger charge is -2.34. The molecule has 0 heterocycles. The minimum absolute atomic E-state index is 0.679. The molecule has 17 heavy (non-hydrogen) atoms. The molecular weight excluding hydrogens is 212 g/mol. The zero-order chi connectivity index (χ0) is 12.5. The molecule has 1 aliphatic carbocycles. The predicted octanol–water partition coefficient (Wildman–Crippen LogP) is 3.46. The van der Waals surface area contributed by atoms with Crippen molar-refractivity contribution in [1.82, 2.24) is 0 Å². The highest BCUT2D eigenvalue weighted by molar-refractivity contribution is 5.48. The van der Waals surface area contributed by atoms with E-state index >= 15 is 0 Å². The molecule has 1 aromatic rings. The summed E-state index contributed by atoms with van der Waals surface area (Å²) in [4.78, 5) is 0. The number of benzene rings is 1. The average Bonchev–Trinajstić information content (AvgIpc) is 2.33. The van der Waals surface area contributed by atoms with Crippen LogP contribution in [0.4, 0.5) is 0 Å². The van der Waals surface area contributed by atoms with Crippen LogP contribution in [0.25, 0.3) is 0 Å². The second-order valence-corrected chi connectivity index (χ2v) is 5.18. The van der Waals surface area contributed by atoms with Gasteiger partial charge in [-0.3, -0.25) is 0 Å². The first-order chi connectivity index (χ1) is 8.08. The molecule has 94 valence electrons. The molecule has 1 N–H and O–H groups in total. The van der Waals surface area contributed by atoms with Crippen molar-refractivity contribution in [2.45, 2.75) is 51.6 Å². The third-order valence-electron chi connectivity index (χ3n) is 4.06. The number of hydrogen-bond acceptors (Lipinski definition) is 2. The molecule has 2 nitrogen and oxygen atoms in total. The van der Waals surface area contributed by atoms with Gasteiger partial charge in [0, 0.05) is 5.56 Å². The largest absolute Gasteiger partial charge is 0.496 e. The summed E-state index contributed by atoms with van der Waals surface area (Å²) in [6.07, 6.45) is 5.15. The minimum atomic E-state index is -0.679. The van der Waals surface area contributed by atoms with E-state index in [1.54, 1.807) is 7.11 Å². The smallest absolute Gasteiger partial charge is 0.128 e. The summed E-state index contributed by atoms with van der Waals surface area (Å²) < 4.78 is 5.52. The summed E-state index contributed by atoms with van der Waals surface area (Å²) in [5.41, 5.74) is 2.65. The van der Waals surface area contributed by atoms with Gasteiger partial charge in [0.1, 0.15) is 5.75 Å². The van der Waals surface area contributed by atoms with Crippen LogP contribution >= 0.6 is 0 Å². The van der Waals surface area contributed by atoms with Crippen LogP contribution in [0.2, 0.25) is 0 Å². The van der Waals surface area contributed by atoms with E-state index in [9.17, 15) is 5.11 Å². The van der Waals surface area contributed by atoms with E-state index in [0.717, 1.165) is 42.6 Å². The van der Waals surface area contributed by atoms with Gasteiger partial charge in [0.25, 0.3) is 0 Å². The molecule has 0 bridgehead atoms. The number of rotatable bonds is 2. The standard InChI is InChI=1S/C15H22O2/c1-11-7-8-13(14(17-3)12(11)2)15(16)9-5-4-6-10-15/h7-8,16H,4-6,9-10H2,1-3H3. The van der Waals surface area contributed by atoms with Crippen LogP contribution in [0.3, 0.4) is 0 Å². The Morgan fingerprint density at radius 1 is 1.12 bits per heavy atom. The Balaban J connectivity index is 2.47. The molecule has 1 aliphatic rings. The Morgan fingerprint density at radius 2 is 1.76 bits per heavy atom. The fourth-order valence-electron chi connectivity index (χ4n) is 2.83. The van der Waals surface area contributed by atoms with Gasteiger partial charge in [-0.2, -0.15) is 0 Å². The maximum Gasteiger partial charge on any atom is 0.128 e.